The van der Waals surface area contributed by atoms with Gasteiger partial charge in [0.15, 0.2) is 5.82 Å². The first-order valence-electron chi connectivity index (χ1n) is 10.2. The van der Waals surface area contributed by atoms with Gasteiger partial charge in [-0.15, -0.1) is 0 Å². The third-order valence-electron chi connectivity index (χ3n) is 5.42. The normalized spacial score (nSPS) is 13.1. The fourth-order valence-corrected chi connectivity index (χ4v) is 4.53. The van der Waals surface area contributed by atoms with Crippen molar-refractivity contribution in [1.29, 1.82) is 0 Å². The second-order valence-corrected chi connectivity index (χ2v) is 9.33. The monoisotopic (exact) mass is 449 g/mol. The maximum absolute atomic E-state index is 11.2. The number of hydrogen-bond acceptors (Lipinski definition) is 4. The van der Waals surface area contributed by atoms with Crippen molar-refractivity contribution in [3.63, 3.8) is 0 Å². The Kier molecular flexibility index (Phi) is 6.35. The van der Waals surface area contributed by atoms with Crippen LogP contribution >= 0.6 is 7.60 Å². The molecule has 1 unspecified atom stereocenters. The molecule has 0 saturated heterocycles. The summed E-state index contributed by atoms with van der Waals surface area (Å²) in [7, 11) is -4.23. The van der Waals surface area contributed by atoms with Crippen LogP contribution < -0.4 is 0 Å². The highest BCUT2D eigenvalue weighted by Crippen LogP contribution is 2.41. The number of rotatable bonds is 8. The van der Waals surface area contributed by atoms with E-state index in [1.54, 1.807) is 11.0 Å². The molecule has 0 radical (unpaired) electrons. The second kappa shape index (κ2) is 9.18. The van der Waals surface area contributed by atoms with Crippen LogP contribution in [0.25, 0.3) is 0 Å². The van der Waals surface area contributed by atoms with E-state index in [0.717, 1.165) is 16.7 Å². The fourth-order valence-electron chi connectivity index (χ4n) is 3.94. The lowest BCUT2D eigenvalue weighted by molar-refractivity contribution is 0.161. The first kappa shape index (κ1) is 22.1. The minimum absolute atomic E-state index is 0.116. The molecule has 0 amide bonds. The van der Waals surface area contributed by atoms with Gasteiger partial charge in [0, 0.05) is 0 Å². The van der Waals surface area contributed by atoms with Gasteiger partial charge in [-0.05, 0) is 23.1 Å². The quantitative estimate of drug-likeness (QED) is 0.280. The maximum Gasteiger partial charge on any atom is 0.325 e. The van der Waals surface area contributed by atoms with Gasteiger partial charge in [0.2, 0.25) is 0 Å². The van der Waals surface area contributed by atoms with Crippen molar-refractivity contribution in [3.05, 3.63) is 120 Å². The summed E-state index contributed by atoms with van der Waals surface area (Å²) in [6.07, 6.45) is -0.208. The molecule has 0 aliphatic heterocycles. The molecule has 3 N–H and O–H groups in total. The Morgan fingerprint density at radius 1 is 0.812 bits per heavy atom. The van der Waals surface area contributed by atoms with Crippen LogP contribution in [0.2, 0.25) is 0 Å². The summed E-state index contributed by atoms with van der Waals surface area (Å²) in [5.74, 6) is 0.116. The number of hydrogen-bond donors (Lipinski definition) is 3. The lowest BCUT2D eigenvalue weighted by Crippen LogP contribution is -2.38. The number of benzene rings is 3. The van der Waals surface area contributed by atoms with Gasteiger partial charge in [0.05, 0.1) is 6.16 Å². The first-order valence-corrected chi connectivity index (χ1v) is 12.0. The summed E-state index contributed by atoms with van der Waals surface area (Å²) in [6.45, 7) is 0. The summed E-state index contributed by atoms with van der Waals surface area (Å²) >= 11 is 0. The lowest BCUT2D eigenvalue weighted by Gasteiger charge is -2.35. The van der Waals surface area contributed by atoms with Crippen LogP contribution in [0.15, 0.2) is 97.3 Å². The van der Waals surface area contributed by atoms with Crippen molar-refractivity contribution in [2.45, 2.75) is 18.1 Å². The van der Waals surface area contributed by atoms with Gasteiger partial charge in [0.25, 0.3) is 0 Å². The van der Waals surface area contributed by atoms with Crippen LogP contribution in [0, 0.1) is 0 Å². The van der Waals surface area contributed by atoms with Gasteiger partial charge < -0.3 is 14.9 Å². The van der Waals surface area contributed by atoms with Gasteiger partial charge in [0.1, 0.15) is 18.0 Å². The molecule has 4 aromatic rings. The van der Waals surface area contributed by atoms with Crippen molar-refractivity contribution in [2.75, 3.05) is 6.16 Å². The maximum atomic E-state index is 11.2. The molecule has 0 aliphatic carbocycles. The lowest BCUT2D eigenvalue weighted by atomic mass is 9.77. The third-order valence-corrected chi connectivity index (χ3v) is 6.26. The fraction of sp³-hybridized carbons (Fsp3) is 0.167. The van der Waals surface area contributed by atoms with Crippen LogP contribution in [0.5, 0.6) is 0 Å². The number of aliphatic hydroxyl groups is 1. The number of aliphatic hydroxyl groups excluding tert-OH is 1. The molecule has 1 aromatic heterocycles. The SMILES string of the molecule is O=P(O)(O)CCC(O)c1ncn(C(c2ccccc2)(c2ccccc2)c2ccccc2)n1. The molecular formula is C24H24N3O4P. The predicted octanol–water partition coefficient (Wildman–Crippen LogP) is 3.72. The van der Waals surface area contributed by atoms with E-state index >= 15 is 0 Å². The van der Waals surface area contributed by atoms with Crippen LogP contribution in [0.1, 0.15) is 35.0 Å². The zero-order valence-corrected chi connectivity index (χ0v) is 18.2. The van der Waals surface area contributed by atoms with Gasteiger partial charge in [-0.2, -0.15) is 5.10 Å². The number of aromatic nitrogens is 3. The molecule has 0 spiro atoms. The summed E-state index contributed by atoms with van der Waals surface area (Å²) in [5, 5.41) is 15.1. The van der Waals surface area contributed by atoms with Gasteiger partial charge in [-0.25, -0.2) is 9.67 Å². The van der Waals surface area contributed by atoms with Gasteiger partial charge >= 0.3 is 7.60 Å². The van der Waals surface area contributed by atoms with Crippen LogP contribution in [0.3, 0.4) is 0 Å². The smallest absolute Gasteiger partial charge is 0.325 e. The third kappa shape index (κ3) is 4.42. The minimum atomic E-state index is -4.23. The molecule has 0 aliphatic rings. The molecule has 32 heavy (non-hydrogen) atoms. The highest BCUT2D eigenvalue weighted by atomic mass is 31.2. The van der Waals surface area contributed by atoms with Crippen LogP contribution in [0.4, 0.5) is 0 Å². The summed E-state index contributed by atoms with van der Waals surface area (Å²) in [5.41, 5.74) is 2.01. The standard InChI is InChI=1S/C24H24N3O4P/c28-22(16-17-32(29,30)31)23-25-18-27(26-23)24(19-10-4-1-5-11-19,20-12-6-2-7-13-20)21-14-8-3-9-15-21/h1-15,18,22,28H,16-17H2,(H2,29,30,31). The Balaban J connectivity index is 1.90. The molecule has 7 nitrogen and oxygen atoms in total. The first-order chi connectivity index (χ1) is 15.4. The van der Waals surface area contributed by atoms with Crippen LogP contribution in [-0.4, -0.2) is 35.8 Å². The largest absolute Gasteiger partial charge is 0.385 e. The Morgan fingerprint density at radius 3 is 1.66 bits per heavy atom. The Bertz CT molecular complexity index is 1100. The molecule has 0 bridgehead atoms. The van der Waals surface area contributed by atoms with Crippen molar-refractivity contribution in [1.82, 2.24) is 14.8 Å². The average molecular weight is 449 g/mol. The highest BCUT2D eigenvalue weighted by molar-refractivity contribution is 7.51. The molecule has 164 valence electrons. The summed E-state index contributed by atoms with van der Waals surface area (Å²) < 4.78 is 12.9. The van der Waals surface area contributed by atoms with Crippen molar-refractivity contribution >= 4 is 7.60 Å². The summed E-state index contributed by atoms with van der Waals surface area (Å²) in [4.78, 5) is 22.6. The van der Waals surface area contributed by atoms with E-state index in [1.165, 1.54) is 0 Å². The summed E-state index contributed by atoms with van der Waals surface area (Å²) in [6, 6.07) is 29.7. The van der Waals surface area contributed by atoms with E-state index < -0.39 is 25.4 Å². The minimum Gasteiger partial charge on any atom is -0.385 e. The highest BCUT2D eigenvalue weighted by Gasteiger charge is 2.40. The average Bonchev–Trinajstić information content (AvgIpc) is 3.30. The molecule has 0 saturated carbocycles. The van der Waals surface area contributed by atoms with E-state index in [0.29, 0.717) is 0 Å². The molecule has 1 heterocycles. The Hall–Kier alpha value is -3.09. The van der Waals surface area contributed by atoms with Gasteiger partial charge in [-0.1, -0.05) is 91.0 Å². The second-order valence-electron chi connectivity index (χ2n) is 7.55. The van der Waals surface area contributed by atoms with Crippen molar-refractivity contribution in [3.8, 4) is 0 Å². The molecule has 3 aromatic carbocycles. The van der Waals surface area contributed by atoms with Crippen molar-refractivity contribution < 1.29 is 19.5 Å². The topological polar surface area (TPSA) is 108 Å². The zero-order chi connectivity index (χ0) is 22.6. The molecule has 0 fully saturated rings. The molecule has 8 heteroatoms. The van der Waals surface area contributed by atoms with Crippen LogP contribution in [-0.2, 0) is 10.1 Å². The Labute approximate surface area is 186 Å². The van der Waals surface area contributed by atoms with Gasteiger partial charge in [-0.3, -0.25) is 4.57 Å². The Morgan fingerprint density at radius 2 is 1.25 bits per heavy atom. The van der Waals surface area contributed by atoms with E-state index in [9.17, 15) is 9.67 Å². The van der Waals surface area contributed by atoms with E-state index in [1.807, 2.05) is 91.0 Å². The van der Waals surface area contributed by atoms with Crippen molar-refractivity contribution in [2.24, 2.45) is 0 Å². The number of nitrogens with zero attached hydrogens (tertiary/aromatic N) is 3. The van der Waals surface area contributed by atoms with E-state index in [-0.39, 0.29) is 12.2 Å². The molecule has 4 rings (SSSR count). The zero-order valence-electron chi connectivity index (χ0n) is 17.3. The predicted molar refractivity (Wildman–Crippen MR) is 121 cm³/mol. The molecule has 1 atom stereocenters. The van der Waals surface area contributed by atoms with E-state index in [4.69, 9.17) is 9.79 Å². The molecular weight excluding hydrogens is 425 g/mol. The van der Waals surface area contributed by atoms with E-state index in [2.05, 4.69) is 10.1 Å².